The van der Waals surface area contributed by atoms with Crippen molar-refractivity contribution in [2.75, 3.05) is 19.8 Å². The molecule has 1 amide bonds. The average molecular weight is 453 g/mol. The molecule has 0 atom stereocenters. The first-order valence-corrected chi connectivity index (χ1v) is 11.6. The lowest BCUT2D eigenvalue weighted by Crippen LogP contribution is -2.32. The number of amides is 1. The fourth-order valence-electron chi connectivity index (χ4n) is 3.18. The van der Waals surface area contributed by atoms with Crippen LogP contribution in [-0.2, 0) is 16.6 Å². The van der Waals surface area contributed by atoms with Crippen LogP contribution in [0.1, 0.15) is 36.7 Å². The standard InChI is InChI=1S/C21H25ClN2O5S/c1-4-24(13-15-6-5-7-19-20(15)29-11-10-28-19)21(25)17-12-16(8-9-18(17)22)30(26,27)23-14(2)3/h5-9,12,14,23H,4,10-11,13H2,1-3H3. The van der Waals surface area contributed by atoms with Crippen LogP contribution in [0.25, 0.3) is 0 Å². The summed E-state index contributed by atoms with van der Waals surface area (Å²) in [5.41, 5.74) is 0.941. The van der Waals surface area contributed by atoms with Gasteiger partial charge in [0.15, 0.2) is 11.5 Å². The molecule has 1 heterocycles. The van der Waals surface area contributed by atoms with Crippen LogP contribution in [-0.4, -0.2) is 45.0 Å². The maximum Gasteiger partial charge on any atom is 0.255 e. The number of carbonyl (C=O) groups is 1. The average Bonchev–Trinajstić information content (AvgIpc) is 2.71. The van der Waals surface area contributed by atoms with Gasteiger partial charge in [-0.25, -0.2) is 13.1 Å². The number of fused-ring (bicyclic) bond motifs is 1. The van der Waals surface area contributed by atoms with Crippen LogP contribution in [0.2, 0.25) is 5.02 Å². The van der Waals surface area contributed by atoms with Gasteiger partial charge < -0.3 is 14.4 Å². The van der Waals surface area contributed by atoms with Gasteiger partial charge in [-0.3, -0.25) is 4.79 Å². The predicted octanol–water partition coefficient (Wildman–Crippen LogP) is 3.46. The first kappa shape index (κ1) is 22.4. The van der Waals surface area contributed by atoms with Gasteiger partial charge >= 0.3 is 0 Å². The minimum atomic E-state index is -3.75. The number of rotatable bonds is 7. The van der Waals surface area contributed by atoms with Crippen LogP contribution >= 0.6 is 11.6 Å². The molecule has 0 fully saturated rings. The van der Waals surface area contributed by atoms with Crippen LogP contribution in [0.3, 0.4) is 0 Å². The Morgan fingerprint density at radius 1 is 1.20 bits per heavy atom. The minimum Gasteiger partial charge on any atom is -0.486 e. The smallest absolute Gasteiger partial charge is 0.255 e. The van der Waals surface area contributed by atoms with E-state index in [0.717, 1.165) is 5.56 Å². The molecule has 0 spiro atoms. The van der Waals surface area contributed by atoms with Crippen molar-refractivity contribution in [3.63, 3.8) is 0 Å². The molecule has 1 N–H and O–H groups in total. The Morgan fingerprint density at radius 3 is 2.63 bits per heavy atom. The van der Waals surface area contributed by atoms with Crippen LogP contribution in [0.5, 0.6) is 11.5 Å². The summed E-state index contributed by atoms with van der Waals surface area (Å²) in [6, 6.07) is 9.40. The largest absolute Gasteiger partial charge is 0.486 e. The SMILES string of the molecule is CCN(Cc1cccc2c1OCCO2)C(=O)c1cc(S(=O)(=O)NC(C)C)ccc1Cl. The minimum absolute atomic E-state index is 0.00572. The molecular weight excluding hydrogens is 428 g/mol. The number of benzene rings is 2. The molecule has 0 saturated heterocycles. The maximum absolute atomic E-state index is 13.2. The Hall–Kier alpha value is -2.29. The number of nitrogens with one attached hydrogen (secondary N) is 1. The van der Waals surface area contributed by atoms with Gasteiger partial charge in [0.05, 0.1) is 15.5 Å². The third-order valence-corrected chi connectivity index (χ3v) is 6.53. The van der Waals surface area contributed by atoms with E-state index in [1.807, 2.05) is 25.1 Å². The van der Waals surface area contributed by atoms with Gasteiger partial charge in [-0.05, 0) is 45.0 Å². The molecule has 7 nitrogen and oxygen atoms in total. The lowest BCUT2D eigenvalue weighted by atomic mass is 10.1. The number of sulfonamides is 1. The summed E-state index contributed by atoms with van der Waals surface area (Å²) in [4.78, 5) is 14.8. The highest BCUT2D eigenvalue weighted by molar-refractivity contribution is 7.89. The third kappa shape index (κ3) is 4.88. The molecule has 0 radical (unpaired) electrons. The van der Waals surface area contributed by atoms with Crippen molar-refractivity contribution in [1.29, 1.82) is 0 Å². The van der Waals surface area contributed by atoms with E-state index in [-0.39, 0.29) is 34.0 Å². The summed E-state index contributed by atoms with van der Waals surface area (Å²) in [6.07, 6.45) is 0. The Labute approximate surface area is 182 Å². The molecule has 1 aliphatic heterocycles. The summed E-state index contributed by atoms with van der Waals surface area (Å²) < 4.78 is 38.9. The number of halogens is 1. The molecule has 0 saturated carbocycles. The Morgan fingerprint density at radius 2 is 1.93 bits per heavy atom. The van der Waals surface area contributed by atoms with Crippen molar-refractivity contribution in [3.8, 4) is 11.5 Å². The van der Waals surface area contributed by atoms with E-state index in [2.05, 4.69) is 4.72 Å². The number of para-hydroxylation sites is 1. The number of ether oxygens (including phenoxy) is 2. The summed E-state index contributed by atoms with van der Waals surface area (Å²) in [5.74, 6) is 0.908. The van der Waals surface area contributed by atoms with Crippen LogP contribution in [0.4, 0.5) is 0 Å². The Kier molecular flexibility index (Phi) is 6.90. The van der Waals surface area contributed by atoms with Gasteiger partial charge in [-0.15, -0.1) is 0 Å². The molecule has 9 heteroatoms. The number of carbonyl (C=O) groups excluding carboxylic acids is 1. The molecule has 162 valence electrons. The molecular formula is C21H25ClN2O5S. The van der Waals surface area contributed by atoms with Crippen molar-refractivity contribution in [3.05, 3.63) is 52.5 Å². The summed E-state index contributed by atoms with van der Waals surface area (Å²) in [7, 11) is -3.75. The van der Waals surface area contributed by atoms with E-state index in [1.54, 1.807) is 18.7 Å². The second-order valence-electron chi connectivity index (χ2n) is 7.18. The number of hydrogen-bond acceptors (Lipinski definition) is 5. The van der Waals surface area contributed by atoms with Crippen LogP contribution < -0.4 is 14.2 Å². The highest BCUT2D eigenvalue weighted by Gasteiger charge is 2.24. The van der Waals surface area contributed by atoms with Crippen molar-refractivity contribution < 1.29 is 22.7 Å². The monoisotopic (exact) mass is 452 g/mol. The first-order chi connectivity index (χ1) is 14.2. The molecule has 3 rings (SSSR count). The third-order valence-electron chi connectivity index (χ3n) is 4.55. The molecule has 2 aromatic rings. The van der Waals surface area contributed by atoms with Gasteiger partial charge in [0.1, 0.15) is 13.2 Å². The molecule has 0 aliphatic carbocycles. The van der Waals surface area contributed by atoms with Gasteiger partial charge in [0, 0.05) is 24.7 Å². The lowest BCUT2D eigenvalue weighted by Gasteiger charge is -2.26. The second kappa shape index (κ2) is 9.24. The van der Waals surface area contributed by atoms with Crippen molar-refractivity contribution in [2.45, 2.75) is 38.3 Å². The van der Waals surface area contributed by atoms with Gasteiger partial charge in [0.2, 0.25) is 10.0 Å². The lowest BCUT2D eigenvalue weighted by molar-refractivity contribution is 0.0749. The molecule has 0 unspecified atom stereocenters. The zero-order valence-electron chi connectivity index (χ0n) is 17.1. The van der Waals surface area contributed by atoms with Crippen LogP contribution in [0.15, 0.2) is 41.3 Å². The van der Waals surface area contributed by atoms with E-state index < -0.39 is 10.0 Å². The predicted molar refractivity (Wildman–Crippen MR) is 115 cm³/mol. The highest BCUT2D eigenvalue weighted by Crippen LogP contribution is 2.34. The zero-order chi connectivity index (χ0) is 21.9. The zero-order valence-corrected chi connectivity index (χ0v) is 18.7. The summed E-state index contributed by atoms with van der Waals surface area (Å²) >= 11 is 6.26. The molecule has 1 aliphatic rings. The fraction of sp³-hybridized carbons (Fsp3) is 0.381. The number of nitrogens with zero attached hydrogens (tertiary/aromatic N) is 1. The quantitative estimate of drug-likeness (QED) is 0.695. The summed E-state index contributed by atoms with van der Waals surface area (Å²) in [5, 5.41) is 0.191. The van der Waals surface area contributed by atoms with Crippen molar-refractivity contribution in [2.24, 2.45) is 0 Å². The molecule has 2 aromatic carbocycles. The molecule has 0 aromatic heterocycles. The van der Waals surface area contributed by atoms with Crippen molar-refractivity contribution >= 4 is 27.5 Å². The number of hydrogen-bond donors (Lipinski definition) is 1. The fourth-order valence-corrected chi connectivity index (χ4v) is 4.65. The van der Waals surface area contributed by atoms with E-state index in [1.165, 1.54) is 18.2 Å². The normalized spacial score (nSPS) is 13.4. The van der Waals surface area contributed by atoms with Crippen molar-refractivity contribution in [1.82, 2.24) is 9.62 Å². The van der Waals surface area contributed by atoms with Gasteiger partial charge in [-0.1, -0.05) is 23.7 Å². The second-order valence-corrected chi connectivity index (χ2v) is 9.30. The Bertz CT molecular complexity index is 1040. The van der Waals surface area contributed by atoms with Gasteiger partial charge in [-0.2, -0.15) is 0 Å². The van der Waals surface area contributed by atoms with Crippen LogP contribution in [0, 0.1) is 0 Å². The highest BCUT2D eigenvalue weighted by atomic mass is 35.5. The van der Waals surface area contributed by atoms with E-state index in [0.29, 0.717) is 31.3 Å². The van der Waals surface area contributed by atoms with Gasteiger partial charge in [0.25, 0.3) is 5.91 Å². The molecule has 30 heavy (non-hydrogen) atoms. The topological polar surface area (TPSA) is 84.9 Å². The Balaban J connectivity index is 1.90. The van der Waals surface area contributed by atoms with E-state index in [4.69, 9.17) is 21.1 Å². The first-order valence-electron chi connectivity index (χ1n) is 9.71. The van der Waals surface area contributed by atoms with E-state index in [9.17, 15) is 13.2 Å². The van der Waals surface area contributed by atoms with E-state index >= 15 is 0 Å². The molecule has 0 bridgehead atoms. The maximum atomic E-state index is 13.2. The summed E-state index contributed by atoms with van der Waals surface area (Å²) in [6.45, 7) is 6.90.